The average Bonchev–Trinajstić information content (AvgIpc) is 2.99. The molecular weight excluding hydrogens is 324 g/mol. The third-order valence-electron chi connectivity index (χ3n) is 3.74. The van der Waals surface area contributed by atoms with Crippen LogP contribution in [0.25, 0.3) is 0 Å². The Morgan fingerprint density at radius 1 is 1.43 bits per heavy atom. The first-order chi connectivity index (χ1) is 9.90. The van der Waals surface area contributed by atoms with Crippen molar-refractivity contribution in [1.29, 1.82) is 0 Å². The number of hydrogen-bond acceptors (Lipinski definition) is 5. The molecule has 0 radical (unpaired) electrons. The molecule has 1 saturated heterocycles. The highest BCUT2D eigenvalue weighted by atomic mass is 32.2. The van der Waals surface area contributed by atoms with Gasteiger partial charge in [-0.1, -0.05) is 24.4 Å². The molecule has 1 heterocycles. The van der Waals surface area contributed by atoms with Crippen LogP contribution in [0.4, 0.5) is 0 Å². The predicted octanol–water partition coefficient (Wildman–Crippen LogP) is 1.53. The third kappa shape index (κ3) is 4.42. The Bertz CT molecular complexity index is 593. The van der Waals surface area contributed by atoms with Crippen molar-refractivity contribution in [3.05, 3.63) is 29.8 Å². The van der Waals surface area contributed by atoms with Crippen LogP contribution in [0.1, 0.15) is 12.0 Å². The summed E-state index contributed by atoms with van der Waals surface area (Å²) >= 11 is 6.79. The molecule has 4 nitrogen and oxygen atoms in total. The van der Waals surface area contributed by atoms with Crippen molar-refractivity contribution in [2.75, 3.05) is 30.9 Å². The second kappa shape index (κ2) is 7.09. The lowest BCUT2D eigenvalue weighted by Gasteiger charge is -2.23. The molecule has 7 heteroatoms. The zero-order valence-corrected chi connectivity index (χ0v) is 14.4. The van der Waals surface area contributed by atoms with Gasteiger partial charge in [0.05, 0.1) is 10.6 Å². The molecule has 1 aliphatic rings. The molecule has 1 unspecified atom stereocenters. The summed E-state index contributed by atoms with van der Waals surface area (Å²) in [5.74, 6) is 2.40. The van der Waals surface area contributed by atoms with E-state index in [4.69, 9.17) is 18.0 Å². The van der Waals surface area contributed by atoms with E-state index in [1.807, 2.05) is 18.8 Å². The first-order valence-corrected chi connectivity index (χ1v) is 10.0. The molecular formula is C14H20N2O2S3. The van der Waals surface area contributed by atoms with E-state index in [0.717, 1.165) is 12.2 Å². The highest BCUT2D eigenvalue weighted by Crippen LogP contribution is 2.21. The van der Waals surface area contributed by atoms with E-state index in [1.165, 1.54) is 5.75 Å². The molecule has 0 amide bonds. The molecule has 0 bridgehead atoms. The maximum absolute atomic E-state index is 12.3. The standard InChI is InChI=1S/C14H20N2O2S3/c1-16(12-6-8-20-10-12)7-9-21(17,18)13-4-2-11(3-5-13)14(15)19/h2-5,12H,6-10H2,1H3,(H2,15,19). The second-order valence-electron chi connectivity index (χ2n) is 5.21. The van der Waals surface area contributed by atoms with Gasteiger partial charge in [0.15, 0.2) is 9.84 Å². The van der Waals surface area contributed by atoms with Crippen molar-refractivity contribution in [3.8, 4) is 0 Å². The van der Waals surface area contributed by atoms with Crippen molar-refractivity contribution in [2.24, 2.45) is 5.73 Å². The molecule has 2 N–H and O–H groups in total. The van der Waals surface area contributed by atoms with Crippen LogP contribution < -0.4 is 5.73 Å². The summed E-state index contributed by atoms with van der Waals surface area (Å²) in [6.07, 6.45) is 1.14. The molecule has 1 aromatic rings. The van der Waals surface area contributed by atoms with Crippen LogP contribution in [0.15, 0.2) is 29.2 Å². The predicted molar refractivity (Wildman–Crippen MR) is 92.7 cm³/mol. The molecule has 116 valence electrons. The molecule has 0 spiro atoms. The number of hydrogen-bond donors (Lipinski definition) is 1. The average molecular weight is 345 g/mol. The minimum Gasteiger partial charge on any atom is -0.389 e. The van der Waals surface area contributed by atoms with E-state index in [9.17, 15) is 8.42 Å². The van der Waals surface area contributed by atoms with Crippen LogP contribution >= 0.6 is 24.0 Å². The Labute approximate surface area is 136 Å². The normalized spacial score (nSPS) is 19.0. The quantitative estimate of drug-likeness (QED) is 0.790. The Hall–Kier alpha value is -0.630. The first-order valence-electron chi connectivity index (χ1n) is 6.81. The SMILES string of the molecule is CN(CCS(=O)(=O)c1ccc(C(N)=S)cc1)C1CCSC1. The van der Waals surface area contributed by atoms with E-state index in [0.29, 0.717) is 23.0 Å². The van der Waals surface area contributed by atoms with E-state index >= 15 is 0 Å². The van der Waals surface area contributed by atoms with E-state index in [2.05, 4.69) is 4.90 Å². The number of benzene rings is 1. The Morgan fingerprint density at radius 2 is 2.10 bits per heavy atom. The molecule has 21 heavy (non-hydrogen) atoms. The van der Waals surface area contributed by atoms with Crippen molar-refractivity contribution >= 4 is 38.8 Å². The zero-order chi connectivity index (χ0) is 15.5. The largest absolute Gasteiger partial charge is 0.389 e. The molecule has 1 fully saturated rings. The van der Waals surface area contributed by atoms with Crippen molar-refractivity contribution in [1.82, 2.24) is 4.90 Å². The van der Waals surface area contributed by atoms with Gasteiger partial charge in [0, 0.05) is 23.9 Å². The number of thioether (sulfide) groups is 1. The molecule has 0 aliphatic carbocycles. The lowest BCUT2D eigenvalue weighted by molar-refractivity contribution is 0.277. The van der Waals surface area contributed by atoms with Crippen LogP contribution in [-0.4, -0.2) is 55.2 Å². The van der Waals surface area contributed by atoms with Gasteiger partial charge < -0.3 is 10.6 Å². The van der Waals surface area contributed by atoms with Gasteiger partial charge in [-0.05, 0) is 31.4 Å². The summed E-state index contributed by atoms with van der Waals surface area (Å²) < 4.78 is 24.7. The van der Waals surface area contributed by atoms with Gasteiger partial charge in [-0.25, -0.2) is 8.42 Å². The Kier molecular flexibility index (Phi) is 5.65. The van der Waals surface area contributed by atoms with Crippen LogP contribution in [0.3, 0.4) is 0 Å². The fourth-order valence-corrected chi connectivity index (χ4v) is 5.01. The molecule has 0 aromatic heterocycles. The van der Waals surface area contributed by atoms with Gasteiger partial charge >= 0.3 is 0 Å². The smallest absolute Gasteiger partial charge is 0.179 e. The van der Waals surface area contributed by atoms with Gasteiger partial charge in [-0.2, -0.15) is 11.8 Å². The van der Waals surface area contributed by atoms with Crippen molar-refractivity contribution in [2.45, 2.75) is 17.4 Å². The van der Waals surface area contributed by atoms with Crippen molar-refractivity contribution < 1.29 is 8.42 Å². The fraction of sp³-hybridized carbons (Fsp3) is 0.500. The van der Waals surface area contributed by atoms with Crippen LogP contribution in [-0.2, 0) is 9.84 Å². The Morgan fingerprint density at radius 3 is 2.62 bits per heavy atom. The molecule has 0 saturated carbocycles. The third-order valence-corrected chi connectivity index (χ3v) is 6.83. The highest BCUT2D eigenvalue weighted by Gasteiger charge is 2.22. The van der Waals surface area contributed by atoms with Gasteiger partial charge in [0.1, 0.15) is 4.99 Å². The molecule has 1 atom stereocenters. The maximum Gasteiger partial charge on any atom is 0.179 e. The molecule has 2 rings (SSSR count). The number of nitrogens with zero attached hydrogens (tertiary/aromatic N) is 1. The number of thiocarbonyl (C=S) groups is 1. The van der Waals surface area contributed by atoms with E-state index in [1.54, 1.807) is 24.3 Å². The summed E-state index contributed by atoms with van der Waals surface area (Å²) in [5, 5.41) is 0. The van der Waals surface area contributed by atoms with Gasteiger partial charge in [0.2, 0.25) is 0 Å². The summed E-state index contributed by atoms with van der Waals surface area (Å²) in [7, 11) is -1.26. The lowest BCUT2D eigenvalue weighted by atomic mass is 10.2. The number of rotatable bonds is 6. The van der Waals surface area contributed by atoms with E-state index < -0.39 is 9.84 Å². The van der Waals surface area contributed by atoms with Gasteiger partial charge in [-0.3, -0.25) is 0 Å². The lowest BCUT2D eigenvalue weighted by Crippen LogP contribution is -2.35. The first kappa shape index (κ1) is 16.7. The van der Waals surface area contributed by atoms with E-state index in [-0.39, 0.29) is 10.7 Å². The fourth-order valence-electron chi connectivity index (χ4n) is 2.26. The summed E-state index contributed by atoms with van der Waals surface area (Å²) in [4.78, 5) is 2.76. The molecule has 1 aromatic carbocycles. The summed E-state index contributed by atoms with van der Waals surface area (Å²) in [5.41, 5.74) is 6.20. The minimum atomic E-state index is -3.26. The van der Waals surface area contributed by atoms with Crippen LogP contribution in [0.5, 0.6) is 0 Å². The highest BCUT2D eigenvalue weighted by molar-refractivity contribution is 7.99. The Balaban J connectivity index is 1.99. The number of nitrogens with two attached hydrogens (primary N) is 1. The topological polar surface area (TPSA) is 63.4 Å². The van der Waals surface area contributed by atoms with Crippen LogP contribution in [0.2, 0.25) is 0 Å². The zero-order valence-electron chi connectivity index (χ0n) is 12.0. The van der Waals surface area contributed by atoms with Gasteiger partial charge in [0.25, 0.3) is 0 Å². The maximum atomic E-state index is 12.3. The summed E-state index contributed by atoms with van der Waals surface area (Å²) in [6, 6.07) is 6.98. The summed E-state index contributed by atoms with van der Waals surface area (Å²) in [6.45, 7) is 0.560. The van der Waals surface area contributed by atoms with Crippen LogP contribution in [0, 0.1) is 0 Å². The second-order valence-corrected chi connectivity index (χ2v) is 8.90. The molecule has 1 aliphatic heterocycles. The minimum absolute atomic E-state index is 0.136. The van der Waals surface area contributed by atoms with Crippen molar-refractivity contribution in [3.63, 3.8) is 0 Å². The monoisotopic (exact) mass is 344 g/mol. The number of sulfone groups is 1. The van der Waals surface area contributed by atoms with Gasteiger partial charge in [-0.15, -0.1) is 0 Å².